The highest BCUT2D eigenvalue weighted by Gasteiger charge is 2.42. The predicted octanol–water partition coefficient (Wildman–Crippen LogP) is 9.97. The molecule has 0 amide bonds. The fourth-order valence-electron chi connectivity index (χ4n) is 6.51. The van der Waals surface area contributed by atoms with Crippen molar-refractivity contribution >= 4 is 111 Å². The molecule has 0 bridgehead atoms. The van der Waals surface area contributed by atoms with Gasteiger partial charge in [0.05, 0.1) is 25.6 Å². The fraction of sp³-hybridized carbons (Fsp3) is 0.143. The van der Waals surface area contributed by atoms with E-state index in [9.17, 15) is 45.5 Å². The summed E-state index contributed by atoms with van der Waals surface area (Å²) in [5.41, 5.74) is -2.83. The second-order valence-electron chi connectivity index (χ2n) is 12.5. The molecule has 0 saturated carbocycles. The van der Waals surface area contributed by atoms with Crippen LogP contribution in [0.3, 0.4) is 0 Å². The lowest BCUT2D eigenvalue weighted by Gasteiger charge is -2.31. The van der Waals surface area contributed by atoms with Gasteiger partial charge in [0.25, 0.3) is 0 Å². The Morgan fingerprint density at radius 1 is 0.615 bits per heavy atom. The van der Waals surface area contributed by atoms with Crippen molar-refractivity contribution in [2.75, 3.05) is 0 Å². The number of fused-ring (bicyclic) bond motifs is 9. The molecule has 2 aromatic carbocycles. The van der Waals surface area contributed by atoms with Gasteiger partial charge in [-0.05, 0) is 73.5 Å². The maximum atomic E-state index is 13.4. The molecule has 4 aromatic heterocycles. The molecule has 0 saturated heterocycles. The number of halogens is 6. The third kappa shape index (κ3) is 4.75. The number of nitrogens with zero attached hydrogens (tertiary/aromatic N) is 2. The van der Waals surface area contributed by atoms with Gasteiger partial charge < -0.3 is 4.74 Å². The molecular formula is C35H14F6N2O5S4. The highest BCUT2D eigenvalue weighted by Crippen LogP contribution is 2.59. The van der Waals surface area contributed by atoms with E-state index < -0.39 is 52.2 Å². The number of thiophene rings is 2. The number of Topliss-reactive ketones (excluding diaryl/α,β-unsaturated/α-hetero) is 4. The molecule has 260 valence electrons. The maximum Gasteiger partial charge on any atom is 0.416 e. The molecule has 9 rings (SSSR count). The zero-order valence-electron chi connectivity index (χ0n) is 26.0. The van der Waals surface area contributed by atoms with Gasteiger partial charge in [-0.25, -0.2) is 9.97 Å². The van der Waals surface area contributed by atoms with Gasteiger partial charge in [-0.2, -0.15) is 26.3 Å². The van der Waals surface area contributed by atoms with Crippen LogP contribution in [0.15, 0.2) is 36.4 Å². The second-order valence-corrected chi connectivity index (χ2v) is 16.6. The predicted molar refractivity (Wildman–Crippen MR) is 185 cm³/mol. The number of alkyl halides is 6. The van der Waals surface area contributed by atoms with E-state index in [-0.39, 0.29) is 33.4 Å². The van der Waals surface area contributed by atoms with E-state index >= 15 is 0 Å². The molecular weight excluding hydrogens is 771 g/mol. The highest BCUT2D eigenvalue weighted by molar-refractivity contribution is 7.34. The molecule has 0 atom stereocenters. The van der Waals surface area contributed by atoms with Crippen LogP contribution in [-0.2, 0) is 27.5 Å². The van der Waals surface area contributed by atoms with Crippen LogP contribution in [0.25, 0.3) is 52.1 Å². The average molecular weight is 785 g/mol. The molecule has 5 heterocycles. The number of ether oxygens (including phenoxy) is 1. The summed E-state index contributed by atoms with van der Waals surface area (Å²) in [6.45, 7) is 3.69. The second kappa shape index (κ2) is 10.6. The van der Waals surface area contributed by atoms with Crippen molar-refractivity contribution < 1.29 is 50.3 Å². The topological polar surface area (TPSA) is 103 Å². The lowest BCUT2D eigenvalue weighted by Crippen LogP contribution is -2.27. The van der Waals surface area contributed by atoms with Gasteiger partial charge in [0.1, 0.15) is 30.0 Å². The average Bonchev–Trinajstić information content (AvgIpc) is 3.88. The molecule has 0 fully saturated rings. The van der Waals surface area contributed by atoms with Crippen LogP contribution in [0.2, 0.25) is 0 Å². The SMILES string of the molecule is CC1(C)Oc2c(sc3nc(/C=C4\C(=O)C(=O)c5ccc(C(F)(F)F)cc54)sc23)-c2sc3nc(/C=C4\C(=O)C(=O)c5ccc(C(F)(F)F)cc54)sc3c21. The number of allylic oxidation sites excluding steroid dienone is 2. The first kappa shape index (κ1) is 33.0. The summed E-state index contributed by atoms with van der Waals surface area (Å²) in [4.78, 5) is 62.8. The number of hydrogen-bond donors (Lipinski definition) is 0. The Hall–Kier alpha value is -4.84. The Morgan fingerprint density at radius 3 is 1.58 bits per heavy atom. The Labute approximate surface area is 302 Å². The van der Waals surface area contributed by atoms with Gasteiger partial charge in [-0.1, -0.05) is 0 Å². The van der Waals surface area contributed by atoms with Crippen LogP contribution < -0.4 is 4.74 Å². The van der Waals surface area contributed by atoms with Crippen molar-refractivity contribution in [1.82, 2.24) is 9.97 Å². The van der Waals surface area contributed by atoms with E-state index in [1.807, 2.05) is 13.8 Å². The Bertz CT molecular complexity index is 2760. The minimum Gasteiger partial charge on any atom is -0.480 e. The summed E-state index contributed by atoms with van der Waals surface area (Å²) in [5.74, 6) is -3.09. The van der Waals surface area contributed by atoms with Crippen LogP contribution in [0, 0.1) is 0 Å². The highest BCUT2D eigenvalue weighted by atomic mass is 32.1. The number of benzene rings is 2. The van der Waals surface area contributed by atoms with E-state index in [0.29, 0.717) is 30.1 Å². The third-order valence-electron chi connectivity index (χ3n) is 8.86. The largest absolute Gasteiger partial charge is 0.480 e. The first-order chi connectivity index (χ1) is 24.4. The molecule has 0 N–H and O–H groups in total. The van der Waals surface area contributed by atoms with Crippen LogP contribution in [0.1, 0.15) is 72.4 Å². The van der Waals surface area contributed by atoms with Crippen molar-refractivity contribution in [3.05, 3.63) is 85.4 Å². The number of rotatable bonds is 2. The van der Waals surface area contributed by atoms with E-state index in [4.69, 9.17) is 4.74 Å². The molecule has 3 aliphatic rings. The van der Waals surface area contributed by atoms with Gasteiger partial charge in [-0.3, -0.25) is 19.2 Å². The maximum absolute atomic E-state index is 13.4. The zero-order valence-corrected chi connectivity index (χ0v) is 29.2. The van der Waals surface area contributed by atoms with Gasteiger partial charge in [0.2, 0.25) is 23.1 Å². The first-order valence-electron chi connectivity index (χ1n) is 15.0. The van der Waals surface area contributed by atoms with Crippen molar-refractivity contribution in [1.29, 1.82) is 0 Å². The van der Waals surface area contributed by atoms with Gasteiger partial charge in [0, 0.05) is 27.8 Å². The molecule has 1 aliphatic heterocycles. The molecule has 17 heteroatoms. The smallest absolute Gasteiger partial charge is 0.416 e. The zero-order chi connectivity index (χ0) is 36.8. The van der Waals surface area contributed by atoms with E-state index in [1.54, 1.807) is 0 Å². The van der Waals surface area contributed by atoms with Crippen LogP contribution in [-0.4, -0.2) is 33.1 Å². The van der Waals surface area contributed by atoms with E-state index in [1.165, 1.54) is 46.2 Å². The summed E-state index contributed by atoms with van der Waals surface area (Å²) in [7, 11) is 0. The normalized spacial score (nSPS) is 18.2. The fourth-order valence-corrected chi connectivity index (χ4v) is 11.6. The Morgan fingerprint density at radius 2 is 1.08 bits per heavy atom. The van der Waals surface area contributed by atoms with Crippen molar-refractivity contribution in [2.24, 2.45) is 0 Å². The van der Waals surface area contributed by atoms with Crippen LogP contribution in [0.5, 0.6) is 5.75 Å². The molecule has 7 nitrogen and oxygen atoms in total. The standard InChI is InChI=1S/C35H14F6N2O5S4/c1-33(2)21-27(51-31-28(21)49-19(42-31)9-17-15-7-11(34(36,37)38)3-5-13(15)22(44)24(17)46)29-26(48-33)30-32(52-29)43-20(50-30)10-18-16-8-12(35(39,40)41)4-6-14(16)23(45)25(18)47/h3-10H,1-2H3/b17-9-,18-10-. The number of carbonyl (C=O) groups excluding carboxylic acids is 4. The summed E-state index contributed by atoms with van der Waals surface area (Å²) >= 11 is 5.03. The molecule has 6 aromatic rings. The van der Waals surface area contributed by atoms with E-state index in [2.05, 4.69) is 9.97 Å². The molecule has 2 aliphatic carbocycles. The number of aromatic nitrogens is 2. The van der Waals surface area contributed by atoms with Crippen molar-refractivity contribution in [3.63, 3.8) is 0 Å². The van der Waals surface area contributed by atoms with Crippen molar-refractivity contribution in [2.45, 2.75) is 31.8 Å². The van der Waals surface area contributed by atoms with Crippen LogP contribution >= 0.6 is 45.3 Å². The Balaban J connectivity index is 1.10. The number of ketones is 4. The number of thiazole rings is 2. The minimum absolute atomic E-state index is 0.0981. The quantitative estimate of drug-likeness (QED) is 0.0979. The third-order valence-corrected chi connectivity index (χ3v) is 13.4. The minimum atomic E-state index is -4.67. The molecule has 0 unspecified atom stereocenters. The number of carbonyl (C=O) groups is 4. The Kier molecular flexibility index (Phi) is 6.74. The van der Waals surface area contributed by atoms with Gasteiger partial charge in [0.15, 0.2) is 5.75 Å². The van der Waals surface area contributed by atoms with Crippen LogP contribution in [0.4, 0.5) is 26.3 Å². The summed E-state index contributed by atoms with van der Waals surface area (Å²) in [6.07, 6.45) is -6.68. The molecule has 0 radical (unpaired) electrons. The van der Waals surface area contributed by atoms with E-state index in [0.717, 1.165) is 67.8 Å². The molecule has 0 spiro atoms. The summed E-state index contributed by atoms with van der Waals surface area (Å²) < 4.78 is 88.5. The van der Waals surface area contributed by atoms with Gasteiger partial charge in [-0.15, -0.1) is 45.3 Å². The van der Waals surface area contributed by atoms with Crippen molar-refractivity contribution in [3.8, 4) is 15.5 Å². The molecule has 52 heavy (non-hydrogen) atoms. The van der Waals surface area contributed by atoms with Gasteiger partial charge >= 0.3 is 12.4 Å². The first-order valence-corrected chi connectivity index (χ1v) is 18.3. The monoisotopic (exact) mass is 784 g/mol. The number of hydrogen-bond acceptors (Lipinski definition) is 11. The lowest BCUT2D eigenvalue weighted by atomic mass is 9.95. The summed E-state index contributed by atoms with van der Waals surface area (Å²) in [6, 6.07) is 5.14. The summed E-state index contributed by atoms with van der Waals surface area (Å²) in [5, 5.41) is 0.621. The lowest BCUT2D eigenvalue weighted by molar-refractivity contribution is -0.138.